The van der Waals surface area contributed by atoms with Crippen LogP contribution in [0.1, 0.15) is 10.4 Å². The molecule has 0 atom stereocenters. The number of H-pyrrole nitrogens is 1. The lowest BCUT2D eigenvalue weighted by atomic mass is 10.3. The Bertz CT molecular complexity index is 358. The van der Waals surface area contributed by atoms with Gasteiger partial charge in [0.1, 0.15) is 5.56 Å². The molecule has 64 valence electrons. The molecule has 1 rings (SSSR count). The van der Waals surface area contributed by atoms with Crippen LogP contribution < -0.4 is 5.43 Å². The van der Waals surface area contributed by atoms with Gasteiger partial charge in [0.15, 0.2) is 0 Å². The van der Waals surface area contributed by atoms with E-state index in [1.165, 1.54) is 19.5 Å². The molecule has 12 heavy (non-hydrogen) atoms. The summed E-state index contributed by atoms with van der Waals surface area (Å²) in [5.74, 6) is -0.641. The first kappa shape index (κ1) is 8.99. The van der Waals surface area contributed by atoms with Crippen LogP contribution in [-0.2, 0) is 4.74 Å². The number of hydrogen-bond acceptors (Lipinski definition) is 3. The molecule has 1 heterocycles. The van der Waals surface area contributed by atoms with Gasteiger partial charge in [-0.05, 0) is 15.9 Å². The van der Waals surface area contributed by atoms with Crippen LogP contribution in [0.4, 0.5) is 0 Å². The highest BCUT2D eigenvalue weighted by atomic mass is 79.9. The van der Waals surface area contributed by atoms with E-state index in [1.807, 2.05) is 0 Å². The van der Waals surface area contributed by atoms with E-state index in [2.05, 4.69) is 25.7 Å². The zero-order valence-corrected chi connectivity index (χ0v) is 7.84. The topological polar surface area (TPSA) is 59.2 Å². The highest BCUT2D eigenvalue weighted by molar-refractivity contribution is 9.10. The summed E-state index contributed by atoms with van der Waals surface area (Å²) in [6.45, 7) is 0. The molecule has 5 heteroatoms. The summed E-state index contributed by atoms with van der Waals surface area (Å²) >= 11 is 2.99. The van der Waals surface area contributed by atoms with Gasteiger partial charge in [-0.15, -0.1) is 0 Å². The minimum Gasteiger partial charge on any atom is -0.465 e. The van der Waals surface area contributed by atoms with Crippen molar-refractivity contribution in [2.75, 3.05) is 7.11 Å². The van der Waals surface area contributed by atoms with Crippen molar-refractivity contribution in [3.05, 3.63) is 32.7 Å². The number of pyridine rings is 1. The first-order valence-corrected chi connectivity index (χ1v) is 3.91. The van der Waals surface area contributed by atoms with Crippen LogP contribution in [0.2, 0.25) is 0 Å². The Balaban J connectivity index is 3.26. The van der Waals surface area contributed by atoms with Crippen molar-refractivity contribution in [1.29, 1.82) is 0 Å². The van der Waals surface area contributed by atoms with Crippen LogP contribution in [0.25, 0.3) is 0 Å². The number of rotatable bonds is 1. The Morgan fingerprint density at radius 1 is 1.58 bits per heavy atom. The number of ether oxygens (including phenoxy) is 1. The van der Waals surface area contributed by atoms with Gasteiger partial charge in [0, 0.05) is 12.4 Å². The van der Waals surface area contributed by atoms with Gasteiger partial charge < -0.3 is 9.72 Å². The predicted octanol–water partition coefficient (Wildman–Crippen LogP) is 0.924. The fraction of sp³-hybridized carbons (Fsp3) is 0.143. The van der Waals surface area contributed by atoms with Crippen LogP contribution in [-0.4, -0.2) is 18.1 Å². The highest BCUT2D eigenvalue weighted by Gasteiger charge is 2.11. The third-order valence-electron chi connectivity index (χ3n) is 1.30. The molecule has 0 aliphatic heterocycles. The van der Waals surface area contributed by atoms with E-state index in [1.54, 1.807) is 0 Å². The van der Waals surface area contributed by atoms with Crippen molar-refractivity contribution in [3.8, 4) is 0 Å². The molecule has 0 radical (unpaired) electrons. The van der Waals surface area contributed by atoms with E-state index >= 15 is 0 Å². The van der Waals surface area contributed by atoms with E-state index in [9.17, 15) is 9.59 Å². The number of carbonyl (C=O) groups excluding carboxylic acids is 1. The third kappa shape index (κ3) is 1.55. The first-order valence-electron chi connectivity index (χ1n) is 3.11. The van der Waals surface area contributed by atoms with Crippen molar-refractivity contribution < 1.29 is 9.53 Å². The normalized spacial score (nSPS) is 9.50. The molecule has 1 aromatic heterocycles. The molecule has 1 N–H and O–H groups in total. The van der Waals surface area contributed by atoms with E-state index in [0.717, 1.165) is 0 Å². The van der Waals surface area contributed by atoms with E-state index < -0.39 is 5.97 Å². The minimum absolute atomic E-state index is 0.00752. The van der Waals surface area contributed by atoms with Crippen LogP contribution >= 0.6 is 15.9 Å². The largest absolute Gasteiger partial charge is 0.465 e. The van der Waals surface area contributed by atoms with E-state index in [4.69, 9.17) is 0 Å². The lowest BCUT2D eigenvalue weighted by Crippen LogP contribution is -2.16. The number of aromatic nitrogens is 1. The molecule has 0 aliphatic carbocycles. The van der Waals surface area contributed by atoms with Crippen LogP contribution in [0, 0.1) is 0 Å². The number of aromatic amines is 1. The maximum atomic E-state index is 11.2. The van der Waals surface area contributed by atoms with Gasteiger partial charge in [0.25, 0.3) is 0 Å². The van der Waals surface area contributed by atoms with E-state index in [0.29, 0.717) is 4.47 Å². The minimum atomic E-state index is -0.641. The molecule has 1 aromatic rings. The Kier molecular flexibility index (Phi) is 2.65. The second-order valence-corrected chi connectivity index (χ2v) is 2.89. The number of esters is 1. The molecule has 0 aromatic carbocycles. The summed E-state index contributed by atoms with van der Waals surface area (Å²) < 4.78 is 4.70. The molecular formula is C7H6BrNO3. The number of methoxy groups -OCH3 is 1. The highest BCUT2D eigenvalue weighted by Crippen LogP contribution is 2.02. The number of halogens is 1. The summed E-state index contributed by atoms with van der Waals surface area (Å²) in [6, 6.07) is 0. The Morgan fingerprint density at radius 3 is 2.83 bits per heavy atom. The molecule has 0 unspecified atom stereocenters. The van der Waals surface area contributed by atoms with Crippen molar-refractivity contribution in [1.82, 2.24) is 4.98 Å². The van der Waals surface area contributed by atoms with Gasteiger partial charge in [0.2, 0.25) is 5.43 Å². The lowest BCUT2D eigenvalue weighted by molar-refractivity contribution is 0.0598. The first-order chi connectivity index (χ1) is 5.66. The molecule has 0 fully saturated rings. The van der Waals surface area contributed by atoms with Crippen LogP contribution in [0.15, 0.2) is 21.7 Å². The zero-order chi connectivity index (χ0) is 9.14. The van der Waals surface area contributed by atoms with Crippen molar-refractivity contribution in [2.45, 2.75) is 0 Å². The second-order valence-electron chi connectivity index (χ2n) is 2.04. The summed E-state index contributed by atoms with van der Waals surface area (Å²) in [5.41, 5.74) is -0.382. The molecular weight excluding hydrogens is 226 g/mol. The van der Waals surface area contributed by atoms with Gasteiger partial charge in [-0.25, -0.2) is 4.79 Å². The molecule has 0 aliphatic rings. The van der Waals surface area contributed by atoms with Crippen molar-refractivity contribution in [2.24, 2.45) is 0 Å². The summed E-state index contributed by atoms with van der Waals surface area (Å²) in [5, 5.41) is 0. The van der Waals surface area contributed by atoms with Gasteiger partial charge in [-0.3, -0.25) is 4.79 Å². The molecule has 0 amide bonds. The monoisotopic (exact) mass is 231 g/mol. The smallest absolute Gasteiger partial charge is 0.343 e. The Labute approximate surface area is 76.7 Å². The average Bonchev–Trinajstić information content (AvgIpc) is 2.08. The number of nitrogens with one attached hydrogen (secondary N) is 1. The lowest BCUT2D eigenvalue weighted by Gasteiger charge is -1.97. The van der Waals surface area contributed by atoms with Gasteiger partial charge in [0.05, 0.1) is 11.6 Å². The molecule has 4 nitrogen and oxygen atoms in total. The van der Waals surface area contributed by atoms with Gasteiger partial charge >= 0.3 is 5.97 Å². The van der Waals surface area contributed by atoms with Crippen LogP contribution in [0.5, 0.6) is 0 Å². The average molecular weight is 232 g/mol. The van der Waals surface area contributed by atoms with Gasteiger partial charge in [-0.1, -0.05) is 0 Å². The Morgan fingerprint density at radius 2 is 2.25 bits per heavy atom. The van der Waals surface area contributed by atoms with Crippen molar-refractivity contribution >= 4 is 21.9 Å². The Hall–Kier alpha value is -1.10. The van der Waals surface area contributed by atoms with Gasteiger partial charge in [-0.2, -0.15) is 0 Å². The molecule has 0 bridgehead atoms. The quantitative estimate of drug-likeness (QED) is 0.732. The summed E-state index contributed by atoms with van der Waals surface area (Å²) in [6.07, 6.45) is 2.76. The standard InChI is InChI=1S/C7H6BrNO3/c1-12-7(11)4-2-9-3-5(8)6(4)10/h2-3H,1H3,(H,9,10). The molecule has 0 spiro atoms. The van der Waals surface area contributed by atoms with Crippen LogP contribution in [0.3, 0.4) is 0 Å². The second kappa shape index (κ2) is 3.53. The van der Waals surface area contributed by atoms with Crippen molar-refractivity contribution in [3.63, 3.8) is 0 Å². The maximum absolute atomic E-state index is 11.2. The number of hydrogen-bond donors (Lipinski definition) is 1. The summed E-state index contributed by atoms with van der Waals surface area (Å²) in [4.78, 5) is 24.8. The fourth-order valence-electron chi connectivity index (χ4n) is 0.719. The third-order valence-corrected chi connectivity index (χ3v) is 1.89. The number of carbonyl (C=O) groups is 1. The van der Waals surface area contributed by atoms with E-state index in [-0.39, 0.29) is 11.0 Å². The predicted molar refractivity (Wildman–Crippen MR) is 46.1 cm³/mol. The molecule has 0 saturated heterocycles. The zero-order valence-electron chi connectivity index (χ0n) is 6.26. The molecule has 0 saturated carbocycles. The SMILES string of the molecule is COC(=O)c1c[nH]cc(Br)c1=O. The fourth-order valence-corrected chi connectivity index (χ4v) is 1.07. The summed E-state index contributed by atoms with van der Waals surface area (Å²) in [7, 11) is 1.22. The maximum Gasteiger partial charge on any atom is 0.343 e.